The van der Waals surface area contributed by atoms with Crippen molar-refractivity contribution in [2.45, 2.75) is 0 Å². The number of nitrogens with zero attached hydrogens (tertiary/aromatic N) is 1. The van der Waals surface area contributed by atoms with Crippen LogP contribution in [0.4, 0.5) is 10.5 Å². The van der Waals surface area contributed by atoms with Gasteiger partial charge in [-0.05, 0) is 42.0 Å². The molecule has 1 saturated heterocycles. The Hall–Kier alpha value is -2.30. The summed E-state index contributed by atoms with van der Waals surface area (Å²) in [4.78, 5) is 25.5. The van der Waals surface area contributed by atoms with Gasteiger partial charge in [-0.15, -0.1) is 0 Å². The zero-order valence-electron chi connectivity index (χ0n) is 11.2. The van der Waals surface area contributed by atoms with Crippen LogP contribution in [0.3, 0.4) is 0 Å². The molecule has 110 valence electrons. The second-order valence-electron chi connectivity index (χ2n) is 4.66. The lowest BCUT2D eigenvalue weighted by molar-refractivity contribution is -0.113. The first kappa shape index (κ1) is 14.6. The Bertz CT molecular complexity index is 785. The Kier molecular flexibility index (Phi) is 3.88. The van der Waals surface area contributed by atoms with Gasteiger partial charge in [0, 0.05) is 10.0 Å². The molecule has 1 aliphatic heterocycles. The quantitative estimate of drug-likeness (QED) is 0.665. The van der Waals surface area contributed by atoms with E-state index in [0.29, 0.717) is 15.7 Å². The molecule has 0 saturated carbocycles. The summed E-state index contributed by atoms with van der Waals surface area (Å²) in [5.74, 6) is -0.429. The van der Waals surface area contributed by atoms with Crippen LogP contribution in [0.15, 0.2) is 54.2 Å². The van der Waals surface area contributed by atoms with Crippen LogP contribution in [0.1, 0.15) is 5.56 Å². The highest BCUT2D eigenvalue weighted by molar-refractivity contribution is 6.32. The molecule has 1 heterocycles. The van der Waals surface area contributed by atoms with E-state index in [1.165, 1.54) is 0 Å². The van der Waals surface area contributed by atoms with Crippen molar-refractivity contribution in [3.63, 3.8) is 0 Å². The minimum atomic E-state index is -0.507. The topological polar surface area (TPSA) is 49.4 Å². The molecule has 6 heteroatoms. The minimum Gasteiger partial charge on any atom is -0.302 e. The number of hydrogen-bond donors (Lipinski definition) is 1. The Balaban J connectivity index is 1.93. The highest BCUT2D eigenvalue weighted by atomic mass is 35.5. The first-order valence-corrected chi connectivity index (χ1v) is 7.18. The summed E-state index contributed by atoms with van der Waals surface area (Å²) in [6.45, 7) is 0. The van der Waals surface area contributed by atoms with Crippen molar-refractivity contribution in [3.05, 3.63) is 69.8 Å². The van der Waals surface area contributed by atoms with Gasteiger partial charge in [-0.1, -0.05) is 41.4 Å². The van der Waals surface area contributed by atoms with Gasteiger partial charge in [-0.2, -0.15) is 0 Å². The predicted octanol–water partition coefficient (Wildman–Crippen LogP) is 4.09. The number of urea groups is 1. The van der Waals surface area contributed by atoms with Gasteiger partial charge >= 0.3 is 6.03 Å². The molecule has 1 aliphatic rings. The number of imide groups is 1. The molecule has 0 aliphatic carbocycles. The van der Waals surface area contributed by atoms with Crippen LogP contribution in [-0.2, 0) is 4.79 Å². The molecule has 0 atom stereocenters. The SMILES string of the molecule is O=C1N/C(=C\c2ccc(Cl)cc2)C(=O)N1c1cccc(Cl)c1. The van der Waals surface area contributed by atoms with Gasteiger partial charge in [0.2, 0.25) is 0 Å². The van der Waals surface area contributed by atoms with Crippen molar-refractivity contribution < 1.29 is 9.59 Å². The third-order valence-corrected chi connectivity index (χ3v) is 3.61. The third-order valence-electron chi connectivity index (χ3n) is 3.13. The first-order chi connectivity index (χ1) is 10.5. The Labute approximate surface area is 136 Å². The molecule has 3 rings (SSSR count). The second-order valence-corrected chi connectivity index (χ2v) is 5.53. The van der Waals surface area contributed by atoms with Gasteiger partial charge in [-0.3, -0.25) is 4.79 Å². The zero-order chi connectivity index (χ0) is 15.7. The van der Waals surface area contributed by atoms with E-state index in [1.807, 2.05) is 0 Å². The van der Waals surface area contributed by atoms with Crippen LogP contribution in [0.25, 0.3) is 6.08 Å². The second kappa shape index (κ2) is 5.83. The monoisotopic (exact) mass is 332 g/mol. The van der Waals surface area contributed by atoms with Crippen molar-refractivity contribution in [1.29, 1.82) is 0 Å². The molecular formula is C16H10Cl2N2O2. The van der Waals surface area contributed by atoms with Crippen molar-refractivity contribution >= 4 is 46.9 Å². The summed E-state index contributed by atoms with van der Waals surface area (Å²) in [5.41, 5.74) is 1.39. The molecule has 3 amide bonds. The highest BCUT2D eigenvalue weighted by Gasteiger charge is 2.34. The van der Waals surface area contributed by atoms with E-state index in [-0.39, 0.29) is 5.70 Å². The van der Waals surface area contributed by atoms with Gasteiger partial charge in [0.1, 0.15) is 5.70 Å². The lowest BCUT2D eigenvalue weighted by Crippen LogP contribution is -2.30. The van der Waals surface area contributed by atoms with Gasteiger partial charge in [-0.25, -0.2) is 9.69 Å². The van der Waals surface area contributed by atoms with Gasteiger partial charge in [0.15, 0.2) is 0 Å². The van der Waals surface area contributed by atoms with Crippen molar-refractivity contribution in [2.75, 3.05) is 4.90 Å². The molecule has 1 N–H and O–H groups in total. The largest absolute Gasteiger partial charge is 0.333 e. The fourth-order valence-electron chi connectivity index (χ4n) is 2.11. The lowest BCUT2D eigenvalue weighted by Gasteiger charge is -2.11. The maximum atomic E-state index is 12.4. The Morgan fingerprint density at radius 1 is 0.955 bits per heavy atom. The summed E-state index contributed by atoms with van der Waals surface area (Å²) >= 11 is 11.7. The molecule has 4 nitrogen and oxygen atoms in total. The van der Waals surface area contributed by atoms with Crippen LogP contribution < -0.4 is 10.2 Å². The number of hydrogen-bond acceptors (Lipinski definition) is 2. The minimum absolute atomic E-state index is 0.201. The molecule has 2 aromatic carbocycles. The summed E-state index contributed by atoms with van der Waals surface area (Å²) in [5, 5.41) is 3.61. The van der Waals surface area contributed by atoms with Gasteiger partial charge in [0.05, 0.1) is 5.69 Å². The van der Waals surface area contributed by atoms with E-state index in [9.17, 15) is 9.59 Å². The van der Waals surface area contributed by atoms with Crippen LogP contribution in [0.2, 0.25) is 10.0 Å². The van der Waals surface area contributed by atoms with Crippen molar-refractivity contribution in [2.24, 2.45) is 0 Å². The summed E-state index contributed by atoms with van der Waals surface area (Å²) < 4.78 is 0. The number of halogens is 2. The fourth-order valence-corrected chi connectivity index (χ4v) is 2.42. The van der Waals surface area contributed by atoms with Crippen LogP contribution in [0.5, 0.6) is 0 Å². The maximum absolute atomic E-state index is 12.4. The maximum Gasteiger partial charge on any atom is 0.333 e. The van der Waals surface area contributed by atoms with Gasteiger partial charge in [0.25, 0.3) is 5.91 Å². The normalized spacial score (nSPS) is 16.3. The average Bonchev–Trinajstić information content (AvgIpc) is 2.76. The Morgan fingerprint density at radius 3 is 2.36 bits per heavy atom. The number of benzene rings is 2. The average molecular weight is 333 g/mol. The molecule has 0 spiro atoms. The van der Waals surface area contributed by atoms with E-state index in [2.05, 4.69) is 5.32 Å². The zero-order valence-corrected chi connectivity index (χ0v) is 12.7. The number of anilines is 1. The van der Waals surface area contributed by atoms with E-state index in [0.717, 1.165) is 10.5 Å². The number of carbonyl (C=O) groups excluding carboxylic acids is 2. The lowest BCUT2D eigenvalue weighted by atomic mass is 10.2. The molecule has 0 unspecified atom stereocenters. The predicted molar refractivity (Wildman–Crippen MR) is 86.9 cm³/mol. The fraction of sp³-hybridized carbons (Fsp3) is 0. The highest BCUT2D eigenvalue weighted by Crippen LogP contribution is 2.25. The molecule has 22 heavy (non-hydrogen) atoms. The number of amides is 3. The number of nitrogens with one attached hydrogen (secondary N) is 1. The summed E-state index contributed by atoms with van der Waals surface area (Å²) in [6.07, 6.45) is 1.60. The number of carbonyl (C=O) groups is 2. The molecule has 0 aromatic heterocycles. The molecule has 0 radical (unpaired) electrons. The Morgan fingerprint density at radius 2 is 1.68 bits per heavy atom. The van der Waals surface area contributed by atoms with Crippen LogP contribution in [-0.4, -0.2) is 11.9 Å². The molecule has 2 aromatic rings. The first-order valence-electron chi connectivity index (χ1n) is 6.43. The standard InChI is InChI=1S/C16H10Cl2N2O2/c17-11-6-4-10(5-7-11)8-14-15(21)20(16(22)19-14)13-3-1-2-12(18)9-13/h1-9H,(H,19,22)/b14-8-. The smallest absolute Gasteiger partial charge is 0.302 e. The van der Waals surface area contributed by atoms with Crippen molar-refractivity contribution in [3.8, 4) is 0 Å². The van der Waals surface area contributed by atoms with Crippen LogP contribution in [0, 0.1) is 0 Å². The molecular weight excluding hydrogens is 323 g/mol. The van der Waals surface area contributed by atoms with Crippen molar-refractivity contribution in [1.82, 2.24) is 5.32 Å². The van der Waals surface area contributed by atoms with E-state index < -0.39 is 11.9 Å². The number of rotatable bonds is 2. The van der Waals surface area contributed by atoms with Crippen LogP contribution >= 0.6 is 23.2 Å². The van der Waals surface area contributed by atoms with E-state index >= 15 is 0 Å². The molecule has 1 fully saturated rings. The summed E-state index contributed by atoms with van der Waals surface area (Å²) in [7, 11) is 0. The third kappa shape index (κ3) is 2.84. The van der Waals surface area contributed by atoms with E-state index in [4.69, 9.17) is 23.2 Å². The summed E-state index contributed by atoms with van der Waals surface area (Å²) in [6, 6.07) is 13.0. The van der Waals surface area contributed by atoms with E-state index in [1.54, 1.807) is 54.6 Å². The molecule has 0 bridgehead atoms. The van der Waals surface area contributed by atoms with Gasteiger partial charge < -0.3 is 5.32 Å².